The van der Waals surface area contributed by atoms with Crippen LogP contribution in [0.5, 0.6) is 0 Å². The maximum absolute atomic E-state index is 10.7. The van der Waals surface area contributed by atoms with Crippen LogP contribution in [0.1, 0.15) is 39.2 Å². The number of oxime groups is 1. The average Bonchev–Trinajstić information content (AvgIpc) is 2.59. The molecule has 0 bridgehead atoms. The number of hydrogen-bond donors (Lipinski definition) is 3. The number of nitrogens with zero attached hydrogens (tertiary/aromatic N) is 1. The first-order chi connectivity index (χ1) is 12.3. The van der Waals surface area contributed by atoms with Crippen LogP contribution in [0, 0.1) is 5.41 Å². The van der Waals surface area contributed by atoms with Gasteiger partial charge in [-0.1, -0.05) is 50.7 Å². The van der Waals surface area contributed by atoms with Gasteiger partial charge in [-0.15, -0.1) is 0 Å². The van der Waals surface area contributed by atoms with Crippen LogP contribution in [-0.4, -0.2) is 29.9 Å². The van der Waals surface area contributed by atoms with Crippen LogP contribution in [0.4, 0.5) is 5.69 Å². The first kappa shape index (κ1) is 21.3. The Hall–Kier alpha value is -2.76. The van der Waals surface area contributed by atoms with Crippen LogP contribution in [-0.2, 0) is 9.63 Å². The number of carbonyl (C=O) groups excluding carboxylic acids is 1. The number of aliphatic hydroxyl groups is 1. The average molecular weight is 359 g/mol. The van der Waals surface area contributed by atoms with Crippen molar-refractivity contribution >= 4 is 23.9 Å². The molecule has 0 aromatic heterocycles. The summed E-state index contributed by atoms with van der Waals surface area (Å²) in [5.41, 5.74) is 7.27. The molecule has 0 spiro atoms. The Morgan fingerprint density at radius 1 is 1.38 bits per heavy atom. The van der Waals surface area contributed by atoms with Crippen molar-refractivity contribution in [1.29, 1.82) is 0 Å². The van der Waals surface area contributed by atoms with E-state index in [1.807, 2.05) is 45.0 Å². The van der Waals surface area contributed by atoms with Gasteiger partial charge in [-0.2, -0.15) is 0 Å². The minimum absolute atomic E-state index is 0.0851. The number of hydrogen-bond acceptors (Lipinski definition) is 5. The molecule has 4 N–H and O–H groups in total. The molecule has 1 unspecified atom stereocenters. The van der Waals surface area contributed by atoms with Crippen LogP contribution >= 0.6 is 0 Å². The third-order valence-corrected chi connectivity index (χ3v) is 3.65. The summed E-state index contributed by atoms with van der Waals surface area (Å²) in [5, 5.41) is 17.0. The predicted molar refractivity (Wildman–Crippen MR) is 107 cm³/mol. The summed E-state index contributed by atoms with van der Waals surface area (Å²) in [6, 6.07) is 7.66. The highest BCUT2D eigenvalue weighted by atomic mass is 16.6. The van der Waals surface area contributed by atoms with Gasteiger partial charge in [0.15, 0.2) is 5.84 Å². The number of anilines is 1. The molecule has 1 aromatic rings. The van der Waals surface area contributed by atoms with E-state index in [4.69, 9.17) is 10.6 Å². The van der Waals surface area contributed by atoms with Gasteiger partial charge in [0.2, 0.25) is 0 Å². The Morgan fingerprint density at radius 3 is 2.58 bits per heavy atom. The van der Waals surface area contributed by atoms with Crippen molar-refractivity contribution in [2.75, 3.05) is 11.9 Å². The molecule has 1 rings (SSSR count). The maximum atomic E-state index is 10.7. The van der Waals surface area contributed by atoms with Gasteiger partial charge in [-0.25, -0.2) is 0 Å². The molecule has 0 heterocycles. The Labute approximate surface area is 155 Å². The highest BCUT2D eigenvalue weighted by molar-refractivity contribution is 5.91. The molecule has 0 aliphatic rings. The standard InChI is InChI=1S/C20H29N3O3/c1-5-15-8-10-16(11-9-15)22-17(7-6-12-24)14-26-23-19(21)13-18(25)20(2,3)4/h5,8-13,17,22,25H,1,6-7,14H2,2-4H3,(H2,21,23)/b18-13-. The molecule has 0 saturated heterocycles. The molecule has 6 heteroatoms. The summed E-state index contributed by atoms with van der Waals surface area (Å²) in [4.78, 5) is 16.0. The van der Waals surface area contributed by atoms with Crippen LogP contribution in [0.2, 0.25) is 0 Å². The first-order valence-corrected chi connectivity index (χ1v) is 8.55. The fourth-order valence-electron chi connectivity index (χ4n) is 2.00. The van der Waals surface area contributed by atoms with Crippen molar-refractivity contribution in [3.63, 3.8) is 0 Å². The lowest BCUT2D eigenvalue weighted by Crippen LogP contribution is -2.25. The number of nitrogens with one attached hydrogen (secondary N) is 1. The SMILES string of the molecule is C=Cc1ccc(NC(CCC=O)CO/N=C(N)\C=C(/O)C(C)(C)C)cc1. The number of rotatable bonds is 10. The van der Waals surface area contributed by atoms with E-state index in [2.05, 4.69) is 17.1 Å². The van der Waals surface area contributed by atoms with Gasteiger partial charge in [0, 0.05) is 23.6 Å². The second-order valence-corrected chi connectivity index (χ2v) is 7.00. The second-order valence-electron chi connectivity index (χ2n) is 7.00. The third kappa shape index (κ3) is 7.88. The normalized spacial score (nSPS) is 13.8. The quantitative estimate of drug-likeness (QED) is 0.194. The van der Waals surface area contributed by atoms with Crippen LogP contribution in [0.15, 0.2) is 47.8 Å². The van der Waals surface area contributed by atoms with Crippen LogP contribution in [0.25, 0.3) is 6.08 Å². The van der Waals surface area contributed by atoms with E-state index in [1.54, 1.807) is 6.08 Å². The first-order valence-electron chi connectivity index (χ1n) is 8.55. The van der Waals surface area contributed by atoms with E-state index in [0.717, 1.165) is 17.5 Å². The van der Waals surface area contributed by atoms with E-state index in [-0.39, 0.29) is 24.2 Å². The molecule has 26 heavy (non-hydrogen) atoms. The molecule has 0 radical (unpaired) electrons. The number of benzene rings is 1. The molecular formula is C20H29N3O3. The van der Waals surface area contributed by atoms with Crippen molar-refractivity contribution in [2.24, 2.45) is 16.3 Å². The third-order valence-electron chi connectivity index (χ3n) is 3.65. The number of aldehydes is 1. The van der Waals surface area contributed by atoms with E-state index in [9.17, 15) is 9.90 Å². The van der Waals surface area contributed by atoms with Gasteiger partial charge in [-0.05, 0) is 24.1 Å². The number of allylic oxidation sites excluding steroid dienone is 1. The van der Waals surface area contributed by atoms with Gasteiger partial charge in [0.05, 0.1) is 6.04 Å². The summed E-state index contributed by atoms with van der Waals surface area (Å²) >= 11 is 0. The lowest BCUT2D eigenvalue weighted by Gasteiger charge is -2.18. The van der Waals surface area contributed by atoms with Crippen molar-refractivity contribution in [1.82, 2.24) is 0 Å². The van der Waals surface area contributed by atoms with E-state index in [0.29, 0.717) is 12.8 Å². The number of carbonyl (C=O) groups is 1. The highest BCUT2D eigenvalue weighted by Gasteiger charge is 2.16. The molecule has 0 saturated carbocycles. The largest absolute Gasteiger partial charge is 0.512 e. The number of amidine groups is 1. The molecule has 0 aliphatic carbocycles. The molecule has 1 aromatic carbocycles. The number of nitrogens with two attached hydrogens (primary N) is 1. The van der Waals surface area contributed by atoms with Gasteiger partial charge >= 0.3 is 0 Å². The molecule has 0 amide bonds. The van der Waals surface area contributed by atoms with Crippen molar-refractivity contribution < 1.29 is 14.7 Å². The molecule has 6 nitrogen and oxygen atoms in total. The number of aliphatic hydroxyl groups excluding tert-OH is 1. The molecule has 142 valence electrons. The highest BCUT2D eigenvalue weighted by Crippen LogP contribution is 2.22. The monoisotopic (exact) mass is 359 g/mol. The molecule has 1 atom stereocenters. The zero-order valence-corrected chi connectivity index (χ0v) is 15.7. The molecular weight excluding hydrogens is 330 g/mol. The maximum Gasteiger partial charge on any atom is 0.166 e. The lowest BCUT2D eigenvalue weighted by atomic mass is 9.93. The smallest absolute Gasteiger partial charge is 0.166 e. The minimum atomic E-state index is -0.411. The van der Waals surface area contributed by atoms with Gasteiger partial charge in [0.25, 0.3) is 0 Å². The van der Waals surface area contributed by atoms with Crippen molar-refractivity contribution in [3.05, 3.63) is 48.2 Å². The van der Waals surface area contributed by atoms with Gasteiger partial charge in [0.1, 0.15) is 18.7 Å². The summed E-state index contributed by atoms with van der Waals surface area (Å²) in [6.45, 7) is 9.56. The fraction of sp³-hybridized carbons (Fsp3) is 0.400. The molecule has 0 aliphatic heterocycles. The summed E-state index contributed by atoms with van der Waals surface area (Å²) in [7, 11) is 0. The Kier molecular flexibility index (Phi) is 8.42. The zero-order valence-electron chi connectivity index (χ0n) is 15.7. The fourth-order valence-corrected chi connectivity index (χ4v) is 2.00. The second kappa shape index (κ2) is 10.3. The topological polar surface area (TPSA) is 96.9 Å². The van der Waals surface area contributed by atoms with E-state index < -0.39 is 5.41 Å². The zero-order chi connectivity index (χ0) is 19.6. The summed E-state index contributed by atoms with van der Waals surface area (Å²) in [6.07, 6.45) is 5.04. The van der Waals surface area contributed by atoms with Crippen molar-refractivity contribution in [3.8, 4) is 0 Å². The lowest BCUT2D eigenvalue weighted by molar-refractivity contribution is -0.108. The van der Waals surface area contributed by atoms with Crippen LogP contribution in [0.3, 0.4) is 0 Å². The summed E-state index contributed by atoms with van der Waals surface area (Å²) < 4.78 is 0. The van der Waals surface area contributed by atoms with Gasteiger partial charge in [-0.3, -0.25) is 0 Å². The Balaban J connectivity index is 2.67. The minimum Gasteiger partial charge on any atom is -0.512 e. The van der Waals surface area contributed by atoms with Crippen molar-refractivity contribution in [2.45, 2.75) is 39.7 Å². The Morgan fingerprint density at radius 2 is 2.04 bits per heavy atom. The van der Waals surface area contributed by atoms with Crippen LogP contribution < -0.4 is 11.1 Å². The molecule has 0 fully saturated rings. The summed E-state index contributed by atoms with van der Waals surface area (Å²) in [5.74, 6) is 0.210. The van der Waals surface area contributed by atoms with E-state index >= 15 is 0 Å². The van der Waals surface area contributed by atoms with E-state index in [1.165, 1.54) is 6.08 Å². The predicted octanol–water partition coefficient (Wildman–Crippen LogP) is 3.87. The Bertz CT molecular complexity index is 643. The van der Waals surface area contributed by atoms with Gasteiger partial charge < -0.3 is 25.8 Å².